The molecule has 1 rings (SSSR count). The first kappa shape index (κ1) is 14.9. The van der Waals surface area contributed by atoms with Crippen molar-refractivity contribution in [2.75, 3.05) is 26.4 Å². The first-order valence-corrected chi connectivity index (χ1v) is 5.59. The lowest BCUT2D eigenvalue weighted by molar-refractivity contribution is 0.0544. The maximum atomic E-state index is 11.2. The molecule has 0 atom stereocenters. The first-order valence-electron chi connectivity index (χ1n) is 5.59. The molecule has 7 heteroatoms. The molecule has 0 spiro atoms. The number of benzene rings is 1. The highest BCUT2D eigenvalue weighted by molar-refractivity contribution is 5.87. The second-order valence-electron chi connectivity index (χ2n) is 3.43. The van der Waals surface area contributed by atoms with Gasteiger partial charge in [-0.2, -0.15) is 0 Å². The number of nitrogens with two attached hydrogens (primary N) is 1. The Hall–Kier alpha value is -2.12. The third kappa shape index (κ3) is 5.84. The molecule has 0 aliphatic carbocycles. The Morgan fingerprint density at radius 3 is 2.37 bits per heavy atom. The molecule has 0 radical (unpaired) electrons. The number of aromatic carboxylic acids is 1. The molecule has 1 aromatic carbocycles. The summed E-state index contributed by atoms with van der Waals surface area (Å²) in [6.45, 7) is 1.10. The minimum Gasteiger partial charge on any atom is -0.478 e. The third-order valence-electron chi connectivity index (χ3n) is 2.01. The number of ether oxygens (including phenoxy) is 3. The minimum absolute atomic E-state index is 0.0616. The predicted molar refractivity (Wildman–Crippen MR) is 65.3 cm³/mol. The van der Waals surface area contributed by atoms with Crippen LogP contribution < -0.4 is 10.5 Å². The smallest absolute Gasteiger partial charge is 0.478 e. The van der Waals surface area contributed by atoms with E-state index in [0.29, 0.717) is 13.2 Å². The Morgan fingerprint density at radius 1 is 1.11 bits per heavy atom. The van der Waals surface area contributed by atoms with Crippen LogP contribution in [-0.4, -0.2) is 43.6 Å². The van der Waals surface area contributed by atoms with E-state index in [1.165, 1.54) is 24.3 Å². The summed E-state index contributed by atoms with van der Waals surface area (Å²) < 4.78 is 14.6. The van der Waals surface area contributed by atoms with Gasteiger partial charge in [0.2, 0.25) is 0 Å². The summed E-state index contributed by atoms with van der Waals surface area (Å²) in [7, 11) is 0. The molecule has 0 saturated heterocycles. The highest BCUT2D eigenvalue weighted by Crippen LogP contribution is 2.12. The van der Waals surface area contributed by atoms with E-state index in [1.54, 1.807) is 0 Å². The second kappa shape index (κ2) is 8.06. The first-order chi connectivity index (χ1) is 9.13. The van der Waals surface area contributed by atoms with Crippen LogP contribution in [0, 0.1) is 0 Å². The molecule has 104 valence electrons. The maximum absolute atomic E-state index is 11.2. The van der Waals surface area contributed by atoms with Gasteiger partial charge in [-0.3, -0.25) is 0 Å². The zero-order valence-electron chi connectivity index (χ0n) is 10.2. The molecule has 19 heavy (non-hydrogen) atoms. The van der Waals surface area contributed by atoms with Crippen LogP contribution in [0.3, 0.4) is 0 Å². The van der Waals surface area contributed by atoms with Crippen molar-refractivity contribution in [2.45, 2.75) is 0 Å². The molecule has 1 aromatic rings. The van der Waals surface area contributed by atoms with E-state index in [-0.39, 0.29) is 24.5 Å². The third-order valence-corrected chi connectivity index (χ3v) is 2.01. The summed E-state index contributed by atoms with van der Waals surface area (Å²) in [5, 5.41) is 8.69. The van der Waals surface area contributed by atoms with Gasteiger partial charge in [-0.25, -0.2) is 9.59 Å². The van der Waals surface area contributed by atoms with Gasteiger partial charge in [0, 0.05) is 6.54 Å². The summed E-state index contributed by atoms with van der Waals surface area (Å²) >= 11 is 0. The number of hydrogen-bond acceptors (Lipinski definition) is 6. The van der Waals surface area contributed by atoms with Crippen LogP contribution in [0.25, 0.3) is 0 Å². The van der Waals surface area contributed by atoms with Gasteiger partial charge >= 0.3 is 12.1 Å². The van der Waals surface area contributed by atoms with Crippen LogP contribution in [-0.2, 0) is 9.47 Å². The van der Waals surface area contributed by atoms with Crippen molar-refractivity contribution in [3.05, 3.63) is 29.8 Å². The molecule has 0 amide bonds. The molecule has 0 fully saturated rings. The van der Waals surface area contributed by atoms with Gasteiger partial charge in [-0.15, -0.1) is 0 Å². The van der Waals surface area contributed by atoms with Gasteiger partial charge in [0.25, 0.3) is 0 Å². The average molecular weight is 269 g/mol. The molecule has 0 saturated carbocycles. The lowest BCUT2D eigenvalue weighted by Gasteiger charge is -2.06. The van der Waals surface area contributed by atoms with E-state index < -0.39 is 12.1 Å². The second-order valence-corrected chi connectivity index (χ2v) is 3.43. The molecule has 0 unspecified atom stereocenters. The molecular formula is C12H15NO6. The molecule has 0 aromatic heterocycles. The maximum Gasteiger partial charge on any atom is 0.513 e. The van der Waals surface area contributed by atoms with E-state index in [9.17, 15) is 9.59 Å². The molecule has 0 aliphatic rings. The fourth-order valence-corrected chi connectivity index (χ4v) is 1.16. The van der Waals surface area contributed by atoms with Crippen LogP contribution in [0.15, 0.2) is 24.3 Å². The van der Waals surface area contributed by atoms with Gasteiger partial charge in [0.15, 0.2) is 0 Å². The van der Waals surface area contributed by atoms with Gasteiger partial charge < -0.3 is 25.1 Å². The predicted octanol–water partition coefficient (Wildman–Crippen LogP) is 0.875. The normalized spacial score (nSPS) is 9.95. The van der Waals surface area contributed by atoms with Crippen molar-refractivity contribution < 1.29 is 28.9 Å². The van der Waals surface area contributed by atoms with Crippen molar-refractivity contribution in [3.8, 4) is 5.75 Å². The summed E-state index contributed by atoms with van der Waals surface area (Å²) in [6.07, 6.45) is -0.876. The van der Waals surface area contributed by atoms with Crippen LogP contribution in [0.2, 0.25) is 0 Å². The van der Waals surface area contributed by atoms with Crippen molar-refractivity contribution in [1.29, 1.82) is 0 Å². The molecule has 0 bridgehead atoms. The lowest BCUT2D eigenvalue weighted by atomic mass is 10.2. The van der Waals surface area contributed by atoms with E-state index >= 15 is 0 Å². The fraction of sp³-hybridized carbons (Fsp3) is 0.333. The summed E-state index contributed by atoms with van der Waals surface area (Å²) in [5.74, 6) is -0.843. The zero-order valence-corrected chi connectivity index (χ0v) is 10.2. The number of carboxylic acid groups (broad SMARTS) is 1. The standard InChI is InChI=1S/C12H15NO6/c13-5-6-17-7-8-18-12(16)19-10-3-1-9(2-4-10)11(14)15/h1-4H,5-8,13H2,(H,14,15). The molecule has 0 aliphatic heterocycles. The largest absolute Gasteiger partial charge is 0.513 e. The van der Waals surface area contributed by atoms with Crippen LogP contribution in [0.1, 0.15) is 10.4 Å². The van der Waals surface area contributed by atoms with Gasteiger partial charge in [-0.05, 0) is 24.3 Å². The number of carbonyl (C=O) groups is 2. The Balaban J connectivity index is 2.30. The molecule has 3 N–H and O–H groups in total. The van der Waals surface area contributed by atoms with Gasteiger partial charge in [0.1, 0.15) is 12.4 Å². The number of hydrogen-bond donors (Lipinski definition) is 2. The van der Waals surface area contributed by atoms with Crippen molar-refractivity contribution in [3.63, 3.8) is 0 Å². The number of rotatable bonds is 7. The molecular weight excluding hydrogens is 254 g/mol. The zero-order chi connectivity index (χ0) is 14.1. The average Bonchev–Trinajstić information content (AvgIpc) is 2.39. The Kier molecular flexibility index (Phi) is 6.34. The lowest BCUT2D eigenvalue weighted by Crippen LogP contribution is -2.16. The topological polar surface area (TPSA) is 108 Å². The Morgan fingerprint density at radius 2 is 1.79 bits per heavy atom. The molecule has 7 nitrogen and oxygen atoms in total. The van der Waals surface area contributed by atoms with Crippen LogP contribution >= 0.6 is 0 Å². The van der Waals surface area contributed by atoms with E-state index in [0.717, 1.165) is 0 Å². The van der Waals surface area contributed by atoms with Gasteiger partial charge in [0.05, 0.1) is 18.8 Å². The monoisotopic (exact) mass is 269 g/mol. The van der Waals surface area contributed by atoms with Crippen molar-refractivity contribution in [1.82, 2.24) is 0 Å². The number of carboxylic acids is 1. The fourth-order valence-electron chi connectivity index (χ4n) is 1.16. The summed E-state index contributed by atoms with van der Waals surface area (Å²) in [4.78, 5) is 21.8. The Bertz CT molecular complexity index is 417. The quantitative estimate of drug-likeness (QED) is 0.429. The SMILES string of the molecule is NCCOCCOC(=O)Oc1ccc(C(=O)O)cc1. The van der Waals surface area contributed by atoms with Gasteiger partial charge in [-0.1, -0.05) is 0 Å². The van der Waals surface area contributed by atoms with E-state index in [2.05, 4.69) is 0 Å². The highest BCUT2D eigenvalue weighted by atomic mass is 16.7. The van der Waals surface area contributed by atoms with Crippen molar-refractivity contribution >= 4 is 12.1 Å². The summed E-state index contributed by atoms with van der Waals surface area (Å²) in [6, 6.07) is 5.40. The van der Waals surface area contributed by atoms with Crippen LogP contribution in [0.5, 0.6) is 5.75 Å². The van der Waals surface area contributed by atoms with Crippen LogP contribution in [0.4, 0.5) is 4.79 Å². The summed E-state index contributed by atoms with van der Waals surface area (Å²) in [5.41, 5.74) is 5.31. The minimum atomic E-state index is -1.05. The number of carbonyl (C=O) groups excluding carboxylic acids is 1. The molecule has 0 heterocycles. The van der Waals surface area contributed by atoms with Crippen molar-refractivity contribution in [2.24, 2.45) is 5.73 Å². The van der Waals surface area contributed by atoms with E-state index in [4.69, 9.17) is 25.1 Å². The highest BCUT2D eigenvalue weighted by Gasteiger charge is 2.07. The Labute approximate surface area is 109 Å². The van der Waals surface area contributed by atoms with E-state index in [1.807, 2.05) is 0 Å².